The number of amides is 2. The molecule has 7 heteroatoms. The van der Waals surface area contributed by atoms with E-state index in [4.69, 9.17) is 9.16 Å². The third-order valence-corrected chi connectivity index (χ3v) is 9.43. The first-order valence-electron chi connectivity index (χ1n) is 8.52. The fraction of sp³-hybridized carbons (Fsp3) is 0.556. The molecule has 1 aromatic carbocycles. The van der Waals surface area contributed by atoms with Crippen LogP contribution in [0.2, 0.25) is 18.1 Å². The second kappa shape index (κ2) is 7.57. The smallest absolute Gasteiger partial charge is 0.408 e. The van der Waals surface area contributed by atoms with Crippen molar-refractivity contribution in [1.82, 2.24) is 10.6 Å². The van der Waals surface area contributed by atoms with Crippen molar-refractivity contribution < 1.29 is 18.8 Å². The van der Waals surface area contributed by atoms with Crippen LogP contribution in [0.5, 0.6) is 0 Å². The lowest BCUT2D eigenvalue weighted by atomic mass is 10.0. The molecule has 0 radical (unpaired) electrons. The minimum absolute atomic E-state index is 0.0955. The zero-order chi connectivity index (χ0) is 18.7. The maximum absolute atomic E-state index is 11.9. The zero-order valence-electron chi connectivity index (χ0n) is 15.6. The number of ether oxygens (including phenoxy) is 1. The molecule has 1 aliphatic rings. The van der Waals surface area contributed by atoms with Crippen LogP contribution in [0.4, 0.5) is 4.79 Å². The van der Waals surface area contributed by atoms with Crippen LogP contribution in [0.15, 0.2) is 30.3 Å². The molecule has 0 unspecified atom stereocenters. The number of rotatable bonds is 6. The Morgan fingerprint density at radius 3 is 2.44 bits per heavy atom. The highest BCUT2D eigenvalue weighted by Crippen LogP contribution is 2.36. The fourth-order valence-electron chi connectivity index (χ4n) is 2.15. The van der Waals surface area contributed by atoms with E-state index in [2.05, 4.69) is 44.5 Å². The molecule has 0 saturated carbocycles. The lowest BCUT2D eigenvalue weighted by molar-refractivity contribution is -0.132. The lowest BCUT2D eigenvalue weighted by Gasteiger charge is -2.41. The van der Waals surface area contributed by atoms with Crippen molar-refractivity contribution in [2.24, 2.45) is 0 Å². The van der Waals surface area contributed by atoms with Crippen LogP contribution in [0, 0.1) is 0 Å². The van der Waals surface area contributed by atoms with Crippen molar-refractivity contribution in [3.05, 3.63) is 35.9 Å². The van der Waals surface area contributed by atoms with E-state index in [1.165, 1.54) is 0 Å². The Morgan fingerprint density at radius 2 is 1.88 bits per heavy atom. The summed E-state index contributed by atoms with van der Waals surface area (Å²) in [4.78, 5) is 23.7. The highest BCUT2D eigenvalue weighted by atomic mass is 28.4. The zero-order valence-corrected chi connectivity index (χ0v) is 16.6. The van der Waals surface area contributed by atoms with E-state index in [1.54, 1.807) is 0 Å². The van der Waals surface area contributed by atoms with E-state index in [0.717, 1.165) is 5.56 Å². The van der Waals surface area contributed by atoms with Crippen LogP contribution in [-0.4, -0.2) is 39.0 Å². The summed E-state index contributed by atoms with van der Waals surface area (Å²) in [7, 11) is -1.90. The van der Waals surface area contributed by atoms with Gasteiger partial charge >= 0.3 is 6.09 Å². The minimum atomic E-state index is -1.90. The Kier molecular flexibility index (Phi) is 5.90. The monoisotopic (exact) mass is 364 g/mol. The summed E-state index contributed by atoms with van der Waals surface area (Å²) in [6.07, 6.45) is -0.596. The molecule has 2 rings (SSSR count). The van der Waals surface area contributed by atoms with Gasteiger partial charge in [-0.15, -0.1) is 0 Å². The summed E-state index contributed by atoms with van der Waals surface area (Å²) in [5.74, 6) is -0.208. The van der Waals surface area contributed by atoms with Gasteiger partial charge in [-0.2, -0.15) is 0 Å². The van der Waals surface area contributed by atoms with Crippen LogP contribution < -0.4 is 10.6 Å². The van der Waals surface area contributed by atoms with Crippen molar-refractivity contribution >= 4 is 20.3 Å². The van der Waals surface area contributed by atoms with Gasteiger partial charge in [-0.25, -0.2) is 4.79 Å². The van der Waals surface area contributed by atoms with Crippen LogP contribution in [-0.2, 0) is 20.6 Å². The van der Waals surface area contributed by atoms with Gasteiger partial charge in [0.05, 0.1) is 12.6 Å². The lowest BCUT2D eigenvalue weighted by Crippen LogP contribution is -2.71. The predicted octanol–water partition coefficient (Wildman–Crippen LogP) is 2.80. The molecule has 0 aliphatic carbocycles. The maximum atomic E-state index is 11.9. The average molecular weight is 365 g/mol. The highest BCUT2D eigenvalue weighted by Gasteiger charge is 2.44. The third kappa shape index (κ3) is 5.06. The topological polar surface area (TPSA) is 76.7 Å². The summed E-state index contributed by atoms with van der Waals surface area (Å²) < 4.78 is 11.3. The number of alkyl carbamates (subject to hydrolysis) is 1. The molecule has 0 aromatic heterocycles. The van der Waals surface area contributed by atoms with Gasteiger partial charge in [-0.1, -0.05) is 51.1 Å². The summed E-state index contributed by atoms with van der Waals surface area (Å²) in [6.45, 7) is 11.4. The van der Waals surface area contributed by atoms with Crippen LogP contribution in [0.25, 0.3) is 0 Å². The molecule has 6 nitrogen and oxygen atoms in total. The van der Waals surface area contributed by atoms with Gasteiger partial charge in [0.2, 0.25) is 5.91 Å². The van der Waals surface area contributed by atoms with Crippen LogP contribution >= 0.6 is 0 Å². The number of nitrogens with one attached hydrogen (secondary N) is 2. The largest absolute Gasteiger partial charge is 0.445 e. The number of carbonyl (C=O) groups excluding carboxylic acids is 2. The molecule has 0 spiro atoms. The molecule has 25 heavy (non-hydrogen) atoms. The Hall–Kier alpha value is -1.86. The number of carbonyl (C=O) groups is 2. The van der Waals surface area contributed by atoms with E-state index in [1.807, 2.05) is 30.3 Å². The summed E-state index contributed by atoms with van der Waals surface area (Å²) in [5.41, 5.74) is 0.897. The second-order valence-electron chi connectivity index (χ2n) is 7.87. The van der Waals surface area contributed by atoms with E-state index in [9.17, 15) is 9.59 Å². The van der Waals surface area contributed by atoms with E-state index < -0.39 is 20.5 Å². The maximum Gasteiger partial charge on any atom is 0.408 e. The molecule has 138 valence electrons. The van der Waals surface area contributed by atoms with Gasteiger partial charge < -0.3 is 19.8 Å². The van der Waals surface area contributed by atoms with E-state index >= 15 is 0 Å². The molecule has 2 atom stereocenters. The van der Waals surface area contributed by atoms with Gasteiger partial charge in [-0.05, 0) is 23.7 Å². The number of hydrogen-bond acceptors (Lipinski definition) is 4. The van der Waals surface area contributed by atoms with Crippen molar-refractivity contribution in [2.75, 3.05) is 6.61 Å². The summed E-state index contributed by atoms with van der Waals surface area (Å²) in [5, 5.41) is 5.50. The molecule has 1 saturated heterocycles. The van der Waals surface area contributed by atoms with Gasteiger partial charge in [0, 0.05) is 0 Å². The molecule has 1 fully saturated rings. The molecule has 2 amide bonds. The normalized spacial score (nSPS) is 20.4. The van der Waals surface area contributed by atoms with Crippen molar-refractivity contribution in [3.8, 4) is 0 Å². The Bertz CT molecular complexity index is 613. The molecular weight excluding hydrogens is 336 g/mol. The SMILES string of the molecule is CC(C)(C)[Si](C)(C)OC[C@H]1NC(=O)[C@H]1NC(=O)OCc1ccccc1. The standard InChI is InChI=1S/C18H28N2O4Si/c1-18(2,3)25(4,5)24-12-14-15(16(21)19-14)20-17(22)23-11-13-9-7-6-8-10-13/h6-10,14-15H,11-12H2,1-5H3,(H,19,21)(H,20,22)/t14-,15+/m1/s1. The fourth-order valence-corrected chi connectivity index (χ4v) is 3.18. The molecular formula is C18H28N2O4Si. The van der Waals surface area contributed by atoms with Gasteiger partial charge in [0.15, 0.2) is 8.32 Å². The Balaban J connectivity index is 1.80. The van der Waals surface area contributed by atoms with Gasteiger partial charge in [-0.3, -0.25) is 4.79 Å². The second-order valence-corrected chi connectivity index (χ2v) is 12.7. The third-order valence-electron chi connectivity index (χ3n) is 4.93. The van der Waals surface area contributed by atoms with E-state index in [-0.39, 0.29) is 23.6 Å². The summed E-state index contributed by atoms with van der Waals surface area (Å²) >= 11 is 0. The highest BCUT2D eigenvalue weighted by molar-refractivity contribution is 6.74. The predicted molar refractivity (Wildman–Crippen MR) is 98.6 cm³/mol. The van der Waals surface area contributed by atoms with Gasteiger partial charge in [0.1, 0.15) is 12.6 Å². The molecule has 0 bridgehead atoms. The number of hydrogen-bond donors (Lipinski definition) is 2. The first kappa shape index (κ1) is 19.5. The Morgan fingerprint density at radius 1 is 1.24 bits per heavy atom. The average Bonchev–Trinajstić information content (AvgIpc) is 2.54. The van der Waals surface area contributed by atoms with Crippen LogP contribution in [0.1, 0.15) is 26.3 Å². The molecule has 1 aromatic rings. The minimum Gasteiger partial charge on any atom is -0.445 e. The molecule has 1 heterocycles. The van der Waals surface area contributed by atoms with Crippen LogP contribution in [0.3, 0.4) is 0 Å². The van der Waals surface area contributed by atoms with Gasteiger partial charge in [0.25, 0.3) is 0 Å². The summed E-state index contributed by atoms with van der Waals surface area (Å²) in [6, 6.07) is 8.58. The first-order chi connectivity index (χ1) is 11.6. The van der Waals surface area contributed by atoms with Crippen molar-refractivity contribution in [1.29, 1.82) is 0 Å². The van der Waals surface area contributed by atoms with E-state index in [0.29, 0.717) is 6.61 Å². The quantitative estimate of drug-likeness (QED) is 0.601. The number of β-lactam (4-membered cyclic amide) rings is 1. The Labute approximate surface area is 150 Å². The van der Waals surface area contributed by atoms with Crippen molar-refractivity contribution in [3.63, 3.8) is 0 Å². The molecule has 2 N–H and O–H groups in total. The first-order valence-corrected chi connectivity index (χ1v) is 11.4. The number of benzene rings is 1. The van der Waals surface area contributed by atoms with Crippen molar-refractivity contribution in [2.45, 2.75) is 57.6 Å². The molecule has 1 aliphatic heterocycles.